The number of aromatic nitrogens is 2. The largest absolute Gasteiger partial charge is 0.354 e. The Bertz CT molecular complexity index is 533. The molecule has 6 nitrogen and oxygen atoms in total. The van der Waals surface area contributed by atoms with E-state index in [9.17, 15) is 9.59 Å². The van der Waals surface area contributed by atoms with E-state index in [-0.39, 0.29) is 22.7 Å². The highest BCUT2D eigenvalue weighted by Crippen LogP contribution is 2.47. The van der Waals surface area contributed by atoms with Gasteiger partial charge in [-0.1, -0.05) is 0 Å². The highest BCUT2D eigenvalue weighted by atomic mass is 32.2. The van der Waals surface area contributed by atoms with Crippen LogP contribution >= 0.6 is 11.8 Å². The summed E-state index contributed by atoms with van der Waals surface area (Å²) in [7, 11) is 0. The van der Waals surface area contributed by atoms with Gasteiger partial charge in [0.15, 0.2) is 0 Å². The standard InChI is InChI=1S/C14H20N4O2S/c1-14-5-4-12(19)18(14)11(10-21-14)13(20)15-6-2-8-17-9-3-7-16-17/h3,7,9,11H,2,4-6,8,10H2,1H3,(H,15,20)/t11-,14-/m1/s1. The van der Waals surface area contributed by atoms with Crippen molar-refractivity contribution in [2.75, 3.05) is 12.3 Å². The maximum absolute atomic E-state index is 12.3. The Labute approximate surface area is 128 Å². The second-order valence-corrected chi connectivity index (χ2v) is 7.18. The molecule has 0 saturated carbocycles. The van der Waals surface area contributed by atoms with Crippen molar-refractivity contribution in [3.05, 3.63) is 18.5 Å². The van der Waals surface area contributed by atoms with Crippen molar-refractivity contribution >= 4 is 23.6 Å². The maximum Gasteiger partial charge on any atom is 0.243 e. The van der Waals surface area contributed by atoms with E-state index < -0.39 is 0 Å². The number of hydrogen-bond donors (Lipinski definition) is 1. The Kier molecular flexibility index (Phi) is 3.93. The van der Waals surface area contributed by atoms with Gasteiger partial charge in [0.25, 0.3) is 0 Å². The Hall–Kier alpha value is -1.50. The minimum atomic E-state index is -0.306. The van der Waals surface area contributed by atoms with Crippen molar-refractivity contribution < 1.29 is 9.59 Å². The minimum Gasteiger partial charge on any atom is -0.354 e. The lowest BCUT2D eigenvalue weighted by Gasteiger charge is -2.29. The molecule has 0 radical (unpaired) electrons. The van der Waals surface area contributed by atoms with Crippen LogP contribution in [0.3, 0.4) is 0 Å². The van der Waals surface area contributed by atoms with E-state index >= 15 is 0 Å². The van der Waals surface area contributed by atoms with Gasteiger partial charge in [0.1, 0.15) is 6.04 Å². The van der Waals surface area contributed by atoms with Crippen LogP contribution in [0.1, 0.15) is 26.2 Å². The summed E-state index contributed by atoms with van der Waals surface area (Å²) in [5, 5.41) is 7.07. The van der Waals surface area contributed by atoms with Crippen molar-refractivity contribution in [2.24, 2.45) is 0 Å². The lowest BCUT2D eigenvalue weighted by Crippen LogP contribution is -2.50. The lowest BCUT2D eigenvalue weighted by atomic mass is 10.2. The molecule has 3 rings (SSSR count). The monoisotopic (exact) mass is 308 g/mol. The molecule has 3 heterocycles. The van der Waals surface area contributed by atoms with Crippen LogP contribution in [-0.4, -0.2) is 49.7 Å². The molecule has 1 N–H and O–H groups in total. The Balaban J connectivity index is 1.48. The van der Waals surface area contributed by atoms with E-state index in [0.717, 1.165) is 19.4 Å². The summed E-state index contributed by atoms with van der Waals surface area (Å²) in [5.74, 6) is 0.786. The van der Waals surface area contributed by atoms with E-state index in [1.54, 1.807) is 22.9 Å². The molecule has 0 bridgehead atoms. The van der Waals surface area contributed by atoms with Crippen LogP contribution in [0.15, 0.2) is 18.5 Å². The second-order valence-electron chi connectivity index (χ2n) is 5.68. The molecule has 1 aromatic rings. The number of carbonyl (C=O) groups excluding carboxylic acids is 2. The summed E-state index contributed by atoms with van der Waals surface area (Å²) >= 11 is 1.72. The Morgan fingerprint density at radius 3 is 3.24 bits per heavy atom. The second kappa shape index (κ2) is 5.71. The normalized spacial score (nSPS) is 28.0. The number of rotatable bonds is 5. The average Bonchev–Trinajstić information content (AvgIpc) is 3.14. The smallest absolute Gasteiger partial charge is 0.243 e. The summed E-state index contributed by atoms with van der Waals surface area (Å²) in [5.41, 5.74) is 0. The van der Waals surface area contributed by atoms with Crippen LogP contribution in [0.2, 0.25) is 0 Å². The van der Waals surface area contributed by atoms with Gasteiger partial charge in [0.05, 0.1) is 4.87 Å². The third-order valence-electron chi connectivity index (χ3n) is 4.17. The van der Waals surface area contributed by atoms with Crippen LogP contribution in [0.25, 0.3) is 0 Å². The first-order chi connectivity index (χ1) is 10.1. The van der Waals surface area contributed by atoms with E-state index in [4.69, 9.17) is 0 Å². The lowest BCUT2D eigenvalue weighted by molar-refractivity contribution is -0.137. The summed E-state index contributed by atoms with van der Waals surface area (Å²) in [6, 6.07) is 1.58. The predicted molar refractivity (Wildman–Crippen MR) is 80.6 cm³/mol. The predicted octanol–water partition coefficient (Wildman–Crippen LogP) is 0.843. The van der Waals surface area contributed by atoms with Crippen molar-refractivity contribution in [3.8, 4) is 0 Å². The first-order valence-corrected chi connectivity index (χ1v) is 8.30. The topological polar surface area (TPSA) is 67.2 Å². The van der Waals surface area contributed by atoms with Gasteiger partial charge in [0, 0.05) is 37.7 Å². The zero-order valence-corrected chi connectivity index (χ0v) is 12.9. The number of amides is 2. The molecule has 2 aliphatic heterocycles. The van der Waals surface area contributed by atoms with E-state index in [2.05, 4.69) is 17.3 Å². The molecule has 2 aliphatic rings. The molecular formula is C14H20N4O2S. The van der Waals surface area contributed by atoms with Gasteiger partial charge in [-0.15, -0.1) is 11.8 Å². The van der Waals surface area contributed by atoms with Gasteiger partial charge in [-0.3, -0.25) is 14.3 Å². The number of fused-ring (bicyclic) bond motifs is 1. The van der Waals surface area contributed by atoms with Crippen LogP contribution in [0.5, 0.6) is 0 Å². The molecule has 21 heavy (non-hydrogen) atoms. The quantitative estimate of drug-likeness (QED) is 0.819. The van der Waals surface area contributed by atoms with Gasteiger partial charge in [-0.25, -0.2) is 0 Å². The maximum atomic E-state index is 12.3. The average molecular weight is 308 g/mol. The molecule has 114 valence electrons. The van der Waals surface area contributed by atoms with Gasteiger partial charge in [-0.05, 0) is 25.8 Å². The SMILES string of the molecule is C[C@@]12CCC(=O)N1[C@@H](C(=O)NCCCn1cccn1)CS2. The van der Waals surface area contributed by atoms with Crippen molar-refractivity contribution in [1.82, 2.24) is 20.0 Å². The van der Waals surface area contributed by atoms with Crippen molar-refractivity contribution in [2.45, 2.75) is 43.6 Å². The zero-order valence-electron chi connectivity index (χ0n) is 12.1. The molecule has 2 fully saturated rings. The van der Waals surface area contributed by atoms with Crippen molar-refractivity contribution in [3.63, 3.8) is 0 Å². The molecule has 0 spiro atoms. The Morgan fingerprint density at radius 2 is 2.48 bits per heavy atom. The van der Waals surface area contributed by atoms with Crippen LogP contribution in [-0.2, 0) is 16.1 Å². The fourth-order valence-electron chi connectivity index (χ4n) is 3.02. The van der Waals surface area contributed by atoms with Gasteiger partial charge in [0.2, 0.25) is 11.8 Å². The molecule has 0 aliphatic carbocycles. The van der Waals surface area contributed by atoms with Crippen LogP contribution in [0.4, 0.5) is 0 Å². The molecule has 7 heteroatoms. The first-order valence-electron chi connectivity index (χ1n) is 7.31. The molecule has 0 aromatic carbocycles. The third kappa shape index (κ3) is 2.79. The molecular weight excluding hydrogens is 288 g/mol. The molecule has 2 saturated heterocycles. The number of aryl methyl sites for hydroxylation is 1. The molecule has 2 atom stereocenters. The fourth-order valence-corrected chi connectivity index (χ4v) is 4.45. The number of hydrogen-bond acceptors (Lipinski definition) is 4. The van der Waals surface area contributed by atoms with E-state index in [1.807, 2.05) is 16.9 Å². The number of nitrogens with one attached hydrogen (secondary N) is 1. The summed E-state index contributed by atoms with van der Waals surface area (Å²) < 4.78 is 1.85. The highest BCUT2D eigenvalue weighted by Gasteiger charge is 2.52. The van der Waals surface area contributed by atoms with Crippen LogP contribution < -0.4 is 5.32 Å². The minimum absolute atomic E-state index is 0.0260. The van der Waals surface area contributed by atoms with Crippen molar-refractivity contribution in [1.29, 1.82) is 0 Å². The van der Waals surface area contributed by atoms with E-state index in [1.165, 1.54) is 0 Å². The van der Waals surface area contributed by atoms with Gasteiger partial charge >= 0.3 is 0 Å². The molecule has 0 unspecified atom stereocenters. The van der Waals surface area contributed by atoms with Gasteiger partial charge in [-0.2, -0.15) is 5.10 Å². The summed E-state index contributed by atoms with van der Waals surface area (Å²) in [4.78, 5) is 25.9. The third-order valence-corrected chi connectivity index (χ3v) is 5.68. The zero-order chi connectivity index (χ0) is 14.9. The molecule has 2 amide bonds. The van der Waals surface area contributed by atoms with Gasteiger partial charge < -0.3 is 10.2 Å². The van der Waals surface area contributed by atoms with E-state index in [0.29, 0.717) is 18.7 Å². The molecule has 1 aromatic heterocycles. The summed E-state index contributed by atoms with van der Waals surface area (Å²) in [6.45, 7) is 3.46. The summed E-state index contributed by atoms with van der Waals surface area (Å²) in [6.07, 6.45) is 5.89. The highest BCUT2D eigenvalue weighted by molar-refractivity contribution is 8.01. The van der Waals surface area contributed by atoms with Crippen LogP contribution in [0, 0.1) is 0 Å². The first kappa shape index (κ1) is 14.4. The number of carbonyl (C=O) groups is 2. The number of thioether (sulfide) groups is 1. The Morgan fingerprint density at radius 1 is 1.62 bits per heavy atom. The fraction of sp³-hybridized carbons (Fsp3) is 0.643. The number of nitrogens with zero attached hydrogens (tertiary/aromatic N) is 3.